The summed E-state index contributed by atoms with van der Waals surface area (Å²) in [5.41, 5.74) is 5.37. The molecule has 0 fully saturated rings. The van der Waals surface area contributed by atoms with Crippen molar-refractivity contribution >= 4 is 39.4 Å². The average molecular weight is 305 g/mol. The third-order valence-corrected chi connectivity index (χ3v) is 4.73. The second kappa shape index (κ2) is 5.07. The van der Waals surface area contributed by atoms with Crippen LogP contribution in [0.4, 0.5) is 0 Å². The van der Waals surface area contributed by atoms with Gasteiger partial charge < -0.3 is 0 Å². The number of para-hydroxylation sites is 1. The van der Waals surface area contributed by atoms with Gasteiger partial charge >= 0.3 is 0 Å². The van der Waals surface area contributed by atoms with Crippen molar-refractivity contribution in [3.63, 3.8) is 0 Å². The average Bonchev–Trinajstić information content (AvgIpc) is 3.04. The van der Waals surface area contributed by atoms with Gasteiger partial charge in [0.25, 0.3) is 0 Å². The number of aryl methyl sites for hydroxylation is 2. The van der Waals surface area contributed by atoms with Gasteiger partial charge in [0.2, 0.25) is 0 Å². The van der Waals surface area contributed by atoms with Gasteiger partial charge in [-0.15, -0.1) is 11.3 Å². The lowest BCUT2D eigenvalue weighted by Crippen LogP contribution is -1.88. The molecule has 3 nitrogen and oxygen atoms in total. The van der Waals surface area contributed by atoms with Crippen molar-refractivity contribution in [3.05, 3.63) is 64.6 Å². The number of nitrogens with zero attached hydrogens (tertiary/aromatic N) is 3. The first-order chi connectivity index (χ1) is 10.7. The van der Waals surface area contributed by atoms with Gasteiger partial charge in [-0.2, -0.15) is 0 Å². The van der Waals surface area contributed by atoms with Crippen LogP contribution in [0.1, 0.15) is 22.8 Å². The highest BCUT2D eigenvalue weighted by Gasteiger charge is 2.09. The van der Waals surface area contributed by atoms with Crippen LogP contribution in [0.25, 0.3) is 28.0 Å². The summed E-state index contributed by atoms with van der Waals surface area (Å²) >= 11 is 1.67. The summed E-state index contributed by atoms with van der Waals surface area (Å²) < 4.78 is 2.19. The van der Waals surface area contributed by atoms with Crippen molar-refractivity contribution in [2.24, 2.45) is 0 Å². The highest BCUT2D eigenvalue weighted by Crippen LogP contribution is 2.22. The summed E-state index contributed by atoms with van der Waals surface area (Å²) in [6.07, 6.45) is 4.16. The highest BCUT2D eigenvalue weighted by atomic mass is 32.1. The summed E-state index contributed by atoms with van der Waals surface area (Å²) in [6, 6.07) is 12.3. The molecule has 4 heteroatoms. The monoisotopic (exact) mass is 305 g/mol. The van der Waals surface area contributed by atoms with Crippen LogP contribution in [0.5, 0.6) is 0 Å². The molecule has 108 valence electrons. The zero-order valence-corrected chi connectivity index (χ0v) is 13.3. The molecule has 4 rings (SSSR count). The van der Waals surface area contributed by atoms with Gasteiger partial charge in [0, 0.05) is 16.5 Å². The van der Waals surface area contributed by atoms with Crippen LogP contribution < -0.4 is 0 Å². The molecule has 1 aromatic carbocycles. The molecule has 0 N–H and O–H groups in total. The molecule has 0 aliphatic rings. The summed E-state index contributed by atoms with van der Waals surface area (Å²) in [4.78, 5) is 10.3. The Balaban J connectivity index is 1.78. The highest BCUT2D eigenvalue weighted by molar-refractivity contribution is 7.15. The van der Waals surface area contributed by atoms with E-state index < -0.39 is 0 Å². The molecule has 4 aromatic rings. The number of hydrogen-bond donors (Lipinski definition) is 0. The quantitative estimate of drug-likeness (QED) is 0.536. The first kappa shape index (κ1) is 13.2. The van der Waals surface area contributed by atoms with E-state index in [1.165, 1.54) is 5.69 Å². The zero-order chi connectivity index (χ0) is 15.1. The van der Waals surface area contributed by atoms with Crippen LogP contribution in [0.3, 0.4) is 0 Å². The van der Waals surface area contributed by atoms with Gasteiger partial charge in [0.1, 0.15) is 0 Å². The molecule has 3 aromatic heterocycles. The number of imidazole rings is 1. The van der Waals surface area contributed by atoms with Gasteiger partial charge in [-0.1, -0.05) is 24.3 Å². The number of aromatic nitrogens is 3. The number of thiazole rings is 1. The van der Waals surface area contributed by atoms with E-state index in [4.69, 9.17) is 0 Å². The minimum atomic E-state index is 0.959. The third-order valence-electron chi connectivity index (χ3n) is 3.79. The Labute approximate surface area is 132 Å². The number of fused-ring (bicyclic) bond motifs is 2. The number of benzene rings is 1. The second-order valence-electron chi connectivity index (χ2n) is 5.34. The van der Waals surface area contributed by atoms with E-state index in [0.29, 0.717) is 0 Å². The lowest BCUT2D eigenvalue weighted by Gasteiger charge is -1.99. The Hall–Kier alpha value is -2.46. The summed E-state index contributed by atoms with van der Waals surface area (Å²) in [6.45, 7) is 4.16. The third kappa shape index (κ3) is 2.12. The summed E-state index contributed by atoms with van der Waals surface area (Å²) in [5.74, 6) is 0. The molecule has 0 unspecified atom stereocenters. The summed E-state index contributed by atoms with van der Waals surface area (Å²) in [7, 11) is 0. The fraction of sp³-hybridized carbons (Fsp3) is 0.111. The minimum absolute atomic E-state index is 0.959. The molecule has 0 atom stereocenters. The van der Waals surface area contributed by atoms with Crippen molar-refractivity contribution in [2.45, 2.75) is 13.8 Å². The number of hydrogen-bond acceptors (Lipinski definition) is 3. The minimum Gasteiger partial charge on any atom is -0.288 e. The second-order valence-corrected chi connectivity index (χ2v) is 6.18. The van der Waals surface area contributed by atoms with E-state index >= 15 is 0 Å². The Kier molecular flexibility index (Phi) is 3.05. The number of pyridine rings is 1. The summed E-state index contributed by atoms with van der Waals surface area (Å²) in [5, 5.41) is 3.30. The van der Waals surface area contributed by atoms with Gasteiger partial charge in [-0.05, 0) is 38.1 Å². The lowest BCUT2D eigenvalue weighted by atomic mass is 10.2. The molecule has 3 heterocycles. The SMILES string of the molecule is Cc1nc2scc(C)n2c1/C=C/c1ccc2ccccc2n1. The van der Waals surface area contributed by atoms with Crippen molar-refractivity contribution in [1.82, 2.24) is 14.4 Å². The van der Waals surface area contributed by atoms with Crippen LogP contribution in [0.2, 0.25) is 0 Å². The van der Waals surface area contributed by atoms with Crippen LogP contribution in [0, 0.1) is 13.8 Å². The molecule has 0 aliphatic carbocycles. The van der Waals surface area contributed by atoms with Crippen molar-refractivity contribution in [2.75, 3.05) is 0 Å². The van der Waals surface area contributed by atoms with E-state index in [1.54, 1.807) is 11.3 Å². The molecular formula is C18H15N3S. The maximum absolute atomic E-state index is 4.68. The van der Waals surface area contributed by atoms with Crippen LogP contribution in [-0.2, 0) is 0 Å². The normalized spacial score (nSPS) is 11.9. The van der Waals surface area contributed by atoms with Gasteiger partial charge in [0.15, 0.2) is 4.96 Å². The maximum Gasteiger partial charge on any atom is 0.194 e. The Morgan fingerprint density at radius 3 is 2.77 bits per heavy atom. The van der Waals surface area contributed by atoms with E-state index in [-0.39, 0.29) is 0 Å². The molecule has 0 spiro atoms. The predicted octanol–water partition coefficient (Wildman–Crippen LogP) is 4.73. The van der Waals surface area contributed by atoms with Crippen LogP contribution in [0.15, 0.2) is 41.8 Å². The van der Waals surface area contributed by atoms with Gasteiger partial charge in [0.05, 0.1) is 22.6 Å². The molecular weight excluding hydrogens is 290 g/mol. The first-order valence-corrected chi connectivity index (χ1v) is 8.07. The Morgan fingerprint density at radius 1 is 1.00 bits per heavy atom. The molecule has 22 heavy (non-hydrogen) atoms. The van der Waals surface area contributed by atoms with E-state index in [0.717, 1.165) is 32.9 Å². The molecule has 0 saturated heterocycles. The fourth-order valence-corrected chi connectivity index (χ4v) is 3.58. The van der Waals surface area contributed by atoms with E-state index in [1.807, 2.05) is 31.2 Å². The van der Waals surface area contributed by atoms with E-state index in [9.17, 15) is 0 Å². The topological polar surface area (TPSA) is 30.2 Å². The molecule has 0 aliphatic heterocycles. The fourth-order valence-electron chi connectivity index (χ4n) is 2.66. The zero-order valence-electron chi connectivity index (χ0n) is 12.4. The Morgan fingerprint density at radius 2 is 1.86 bits per heavy atom. The molecule has 0 radical (unpaired) electrons. The smallest absolute Gasteiger partial charge is 0.194 e. The van der Waals surface area contributed by atoms with Crippen LogP contribution in [-0.4, -0.2) is 14.4 Å². The molecule has 0 bridgehead atoms. The maximum atomic E-state index is 4.68. The van der Waals surface area contributed by atoms with Gasteiger partial charge in [-0.3, -0.25) is 4.40 Å². The van der Waals surface area contributed by atoms with Gasteiger partial charge in [-0.25, -0.2) is 9.97 Å². The lowest BCUT2D eigenvalue weighted by molar-refractivity contribution is 1.11. The molecule has 0 saturated carbocycles. The van der Waals surface area contributed by atoms with Crippen LogP contribution >= 0.6 is 11.3 Å². The van der Waals surface area contributed by atoms with Crippen molar-refractivity contribution < 1.29 is 0 Å². The Bertz CT molecular complexity index is 1010. The molecule has 0 amide bonds. The van der Waals surface area contributed by atoms with Crippen molar-refractivity contribution in [1.29, 1.82) is 0 Å². The predicted molar refractivity (Wildman–Crippen MR) is 93.2 cm³/mol. The first-order valence-electron chi connectivity index (χ1n) is 7.19. The number of rotatable bonds is 2. The largest absolute Gasteiger partial charge is 0.288 e. The van der Waals surface area contributed by atoms with E-state index in [2.05, 4.69) is 51.0 Å². The standard InChI is InChI=1S/C18H15N3S/c1-12-11-22-18-19-13(2)17(21(12)18)10-9-15-8-7-14-5-3-4-6-16(14)20-15/h3-11H,1-2H3/b10-9+. The van der Waals surface area contributed by atoms with Crippen molar-refractivity contribution in [3.8, 4) is 0 Å².